The first-order valence-corrected chi connectivity index (χ1v) is 22.9. The summed E-state index contributed by atoms with van der Waals surface area (Å²) in [4.78, 5) is 58.5. The van der Waals surface area contributed by atoms with Gasteiger partial charge in [-0.1, -0.05) is 45.9 Å². The minimum absolute atomic E-state index is 0.0269. The average Bonchev–Trinajstić information content (AvgIpc) is 3.23. The lowest BCUT2D eigenvalue weighted by molar-refractivity contribution is -0.302. The van der Waals surface area contributed by atoms with Crippen LogP contribution in [-0.2, 0) is 47.6 Å². The molecule has 5 rings (SSSR count). The van der Waals surface area contributed by atoms with Crippen LogP contribution in [0.4, 0.5) is 0 Å². The number of hydrogen-bond donors (Lipinski definition) is 4. The zero-order valence-electron chi connectivity index (χ0n) is 38.2. The van der Waals surface area contributed by atoms with E-state index in [-0.39, 0.29) is 68.7 Å². The summed E-state index contributed by atoms with van der Waals surface area (Å²) < 4.78 is 35.2. The number of carbonyl (C=O) groups is 4. The number of amides is 1. The zero-order valence-corrected chi connectivity index (χ0v) is 38.2. The minimum Gasteiger partial charge on any atom is -0.456 e. The molecular weight excluding hydrogens is 803 g/mol. The maximum atomic E-state index is 14.4. The van der Waals surface area contributed by atoms with Crippen LogP contribution >= 0.6 is 0 Å². The molecule has 1 aliphatic carbocycles. The van der Waals surface area contributed by atoms with Crippen molar-refractivity contribution in [2.24, 2.45) is 35.5 Å². The van der Waals surface area contributed by atoms with Crippen LogP contribution < -0.4 is 0 Å². The lowest BCUT2D eigenvalue weighted by Crippen LogP contribution is -2.64. The number of rotatable bonds is 8. The van der Waals surface area contributed by atoms with Gasteiger partial charge in [0.1, 0.15) is 29.6 Å². The van der Waals surface area contributed by atoms with Crippen LogP contribution in [-0.4, -0.2) is 150 Å². The molecule has 1 saturated carbocycles. The van der Waals surface area contributed by atoms with Crippen molar-refractivity contribution in [1.29, 1.82) is 0 Å². The Morgan fingerprint density at radius 2 is 1.48 bits per heavy atom. The number of Topliss-reactive ketones (excluding diaryl/α,β-unsaturated/α-hetero) is 2. The van der Waals surface area contributed by atoms with Crippen LogP contribution in [0.15, 0.2) is 23.8 Å². The molecule has 1 unspecified atom stereocenters. The Morgan fingerprint density at radius 1 is 0.823 bits per heavy atom. The van der Waals surface area contributed by atoms with Crippen molar-refractivity contribution in [1.82, 2.24) is 4.90 Å². The van der Waals surface area contributed by atoms with Crippen molar-refractivity contribution in [2.45, 2.75) is 172 Å². The number of allylic oxidation sites excluding steroid dienone is 2. The van der Waals surface area contributed by atoms with E-state index in [1.807, 2.05) is 19.1 Å². The van der Waals surface area contributed by atoms with E-state index in [1.165, 1.54) is 19.1 Å². The fourth-order valence-corrected chi connectivity index (χ4v) is 10.5. The Morgan fingerprint density at radius 3 is 2.13 bits per heavy atom. The highest BCUT2D eigenvalue weighted by molar-refractivity contribution is 6.39. The molecule has 5 fully saturated rings. The maximum Gasteiger partial charge on any atom is 0.329 e. The Balaban J connectivity index is 1.52. The van der Waals surface area contributed by atoms with Gasteiger partial charge in [0.15, 0.2) is 0 Å². The van der Waals surface area contributed by atoms with E-state index in [0.29, 0.717) is 63.4 Å². The van der Waals surface area contributed by atoms with Crippen LogP contribution in [0.25, 0.3) is 0 Å². The largest absolute Gasteiger partial charge is 0.456 e. The van der Waals surface area contributed by atoms with Crippen LogP contribution in [0, 0.1) is 35.5 Å². The molecule has 15 heteroatoms. The summed E-state index contributed by atoms with van der Waals surface area (Å²) >= 11 is 0. The van der Waals surface area contributed by atoms with E-state index in [9.17, 15) is 39.6 Å². The van der Waals surface area contributed by atoms with Gasteiger partial charge < -0.3 is 53.7 Å². The minimum atomic E-state index is -2.53. The highest BCUT2D eigenvalue weighted by atomic mass is 16.7. The van der Waals surface area contributed by atoms with Gasteiger partial charge in [0, 0.05) is 52.0 Å². The number of aliphatic hydroxyl groups excluding tert-OH is 2. The summed E-state index contributed by atoms with van der Waals surface area (Å²) in [5, 5.41) is 45.2. The molecule has 0 aromatic rings. The number of esters is 1. The molecule has 352 valence electrons. The Hall–Kier alpha value is -2.60. The van der Waals surface area contributed by atoms with E-state index in [0.717, 1.165) is 0 Å². The first-order chi connectivity index (χ1) is 29.3. The van der Waals surface area contributed by atoms with Crippen LogP contribution in [0.5, 0.6) is 0 Å². The molecule has 15 nitrogen and oxygen atoms in total. The standard InChI is InChI=1S/C47H75NO14/c1-27-18-28(2)20-39(58-7)42-40(59-8)22-30(4)47(56,62-42)43(52)44(53)48-17-10-9-13-34(48)45(54)61-41(29(3)21-32-14-15-35(49)38(23-32)57-6)31(5)36(50)24-37(51)33(19-27)12-11-16-46(55)25-60-26-46/h11,16,21,27-28,30-36,38-42,49-50,55-56H,9-10,12-15,17-20,22-26H2,1-8H3/b16-11+,29-21+/t27?,28-,30+,31+,32-,33+,34-,35+,36-,38+,39-,40-,41+,42+,47+/m0/s1. The van der Waals surface area contributed by atoms with Crippen molar-refractivity contribution in [2.75, 3.05) is 41.1 Å². The molecule has 5 aliphatic rings. The summed E-state index contributed by atoms with van der Waals surface area (Å²) in [6.07, 6.45) is 5.15. The second-order valence-corrected chi connectivity index (χ2v) is 19.4. The monoisotopic (exact) mass is 878 g/mol. The number of cyclic esters (lactones) is 1. The highest BCUT2D eigenvalue weighted by Gasteiger charge is 2.56. The lowest BCUT2D eigenvalue weighted by atomic mass is 9.79. The number of nitrogens with zero attached hydrogens (tertiary/aromatic N) is 1. The van der Waals surface area contributed by atoms with Crippen molar-refractivity contribution in [3.8, 4) is 0 Å². The van der Waals surface area contributed by atoms with Crippen molar-refractivity contribution < 1.29 is 68.0 Å². The Labute approximate surface area is 367 Å². The smallest absolute Gasteiger partial charge is 0.329 e. The summed E-state index contributed by atoms with van der Waals surface area (Å²) in [5.41, 5.74) is -0.437. The van der Waals surface area contributed by atoms with E-state index in [4.69, 9.17) is 28.4 Å². The predicted molar refractivity (Wildman–Crippen MR) is 227 cm³/mol. The predicted octanol–water partition coefficient (Wildman–Crippen LogP) is 3.85. The van der Waals surface area contributed by atoms with Gasteiger partial charge in [-0.25, -0.2) is 4.79 Å². The third kappa shape index (κ3) is 12.0. The first-order valence-electron chi connectivity index (χ1n) is 22.9. The SMILES string of the molecule is CO[C@H]1C[C@@H](C)CC(C)C[C@@H](C/C=C/C2(O)COC2)C(=O)C[C@H](O)[C@@H](C)[C@@H](/C(C)=C/[C@@H]2CC[C@@H](O)[C@H](OC)C2)OC(=O)[C@@H]2CCCCN2C(=O)C(=O)[C@]2(O)O[C@H]1[C@@H](OC)C[C@H]2C. The molecule has 0 aromatic heterocycles. The van der Waals surface area contributed by atoms with Crippen LogP contribution in [0.1, 0.15) is 112 Å². The number of hydrogen-bond acceptors (Lipinski definition) is 14. The normalized spacial score (nSPS) is 41.2. The highest BCUT2D eigenvalue weighted by Crippen LogP contribution is 2.40. The van der Waals surface area contributed by atoms with Crippen molar-refractivity contribution in [3.05, 3.63) is 23.8 Å². The van der Waals surface area contributed by atoms with E-state index in [2.05, 4.69) is 13.8 Å². The number of piperidine rings is 1. The number of ketones is 2. The maximum absolute atomic E-state index is 14.4. The van der Waals surface area contributed by atoms with E-state index in [1.54, 1.807) is 27.0 Å². The molecule has 1 amide bonds. The number of carbonyl (C=O) groups excluding carboxylic acids is 4. The molecule has 4 aliphatic heterocycles. The van der Waals surface area contributed by atoms with Gasteiger partial charge in [-0.2, -0.15) is 0 Å². The summed E-state index contributed by atoms with van der Waals surface area (Å²) in [5.74, 6) is -7.75. The van der Waals surface area contributed by atoms with Gasteiger partial charge in [0.2, 0.25) is 5.79 Å². The number of methoxy groups -OCH3 is 3. The molecular formula is C47H75NO14. The molecule has 4 saturated heterocycles. The molecule has 4 N–H and O–H groups in total. The molecule has 0 radical (unpaired) electrons. The molecule has 4 heterocycles. The van der Waals surface area contributed by atoms with Crippen LogP contribution in [0.2, 0.25) is 0 Å². The fraction of sp³-hybridized carbons (Fsp3) is 0.830. The third-order valence-electron chi connectivity index (χ3n) is 14.4. The zero-order chi connectivity index (χ0) is 45.5. The number of fused-ring (bicyclic) bond motifs is 3. The van der Waals surface area contributed by atoms with E-state index < -0.39 is 89.5 Å². The molecule has 0 aromatic carbocycles. The third-order valence-corrected chi connectivity index (χ3v) is 14.4. The second-order valence-electron chi connectivity index (χ2n) is 19.4. The summed E-state index contributed by atoms with van der Waals surface area (Å²) in [6, 6.07) is -1.16. The van der Waals surface area contributed by atoms with Gasteiger partial charge in [-0.3, -0.25) is 14.4 Å². The van der Waals surface area contributed by atoms with E-state index >= 15 is 0 Å². The van der Waals surface area contributed by atoms with Crippen molar-refractivity contribution in [3.63, 3.8) is 0 Å². The lowest BCUT2D eigenvalue weighted by Gasteiger charge is -2.47. The Kier molecular flexibility index (Phi) is 17.9. The molecule has 62 heavy (non-hydrogen) atoms. The molecule has 0 spiro atoms. The topological polar surface area (TPSA) is 208 Å². The van der Waals surface area contributed by atoms with Gasteiger partial charge in [0.25, 0.3) is 11.7 Å². The van der Waals surface area contributed by atoms with Gasteiger partial charge in [-0.05, 0) is 101 Å². The molecule has 15 atom stereocenters. The van der Waals surface area contributed by atoms with Gasteiger partial charge in [0.05, 0.1) is 43.7 Å². The van der Waals surface area contributed by atoms with Gasteiger partial charge in [-0.15, -0.1) is 0 Å². The molecule has 2 bridgehead atoms. The summed E-state index contributed by atoms with van der Waals surface area (Å²) in [7, 11) is 4.61. The number of aliphatic hydroxyl groups is 4. The Bertz CT molecular complexity index is 1600. The second kappa shape index (κ2) is 22.1. The number of ether oxygens (including phenoxy) is 6. The first kappa shape index (κ1) is 50.4. The fourth-order valence-electron chi connectivity index (χ4n) is 10.5. The van der Waals surface area contributed by atoms with Crippen LogP contribution in [0.3, 0.4) is 0 Å². The average molecular weight is 878 g/mol. The van der Waals surface area contributed by atoms with Crippen molar-refractivity contribution >= 4 is 23.4 Å². The quantitative estimate of drug-likeness (QED) is 0.155. The van der Waals surface area contributed by atoms with Gasteiger partial charge >= 0.3 is 5.97 Å². The summed E-state index contributed by atoms with van der Waals surface area (Å²) in [6.45, 7) is 9.74.